The number of benzene rings is 2. The summed E-state index contributed by atoms with van der Waals surface area (Å²) in [6.07, 6.45) is 4.44. The number of hydrogen-bond acceptors (Lipinski definition) is 4. The Hall–Kier alpha value is -2.64. The summed E-state index contributed by atoms with van der Waals surface area (Å²) >= 11 is 5.91. The number of nitrogens with one attached hydrogen (secondary N) is 2. The van der Waals surface area contributed by atoms with Crippen LogP contribution >= 0.6 is 11.6 Å². The minimum Gasteiger partial charge on any atom is -0.322 e. The Bertz CT molecular complexity index is 1020. The first kappa shape index (κ1) is 19.1. The summed E-state index contributed by atoms with van der Waals surface area (Å²) in [7, 11) is -3.73. The van der Waals surface area contributed by atoms with Crippen molar-refractivity contribution in [1.82, 2.24) is 4.72 Å². The summed E-state index contributed by atoms with van der Waals surface area (Å²) in [5.74, 6) is 0.0894. The van der Waals surface area contributed by atoms with Crippen LogP contribution in [0, 0.1) is 0 Å². The Balaban J connectivity index is 1.69. The number of aliphatic imine (C=N–C) groups is 1. The molecule has 0 fully saturated rings. The van der Waals surface area contributed by atoms with Crippen LogP contribution in [0.25, 0.3) is 6.08 Å². The lowest BCUT2D eigenvalue weighted by atomic mass is 10.2. The van der Waals surface area contributed by atoms with Crippen LogP contribution in [0.3, 0.4) is 0 Å². The van der Waals surface area contributed by atoms with Crippen molar-refractivity contribution in [3.8, 4) is 0 Å². The minimum atomic E-state index is -3.73. The van der Waals surface area contributed by atoms with Crippen LogP contribution < -0.4 is 10.0 Å². The van der Waals surface area contributed by atoms with Crippen molar-refractivity contribution in [3.05, 3.63) is 65.2 Å². The van der Waals surface area contributed by atoms with Crippen LogP contribution in [0.4, 0.5) is 5.69 Å². The first-order valence-electron chi connectivity index (χ1n) is 8.33. The van der Waals surface area contributed by atoms with E-state index in [4.69, 9.17) is 11.6 Å². The molecule has 27 heavy (non-hydrogen) atoms. The summed E-state index contributed by atoms with van der Waals surface area (Å²) in [6.45, 7) is 0.632. The molecule has 0 bridgehead atoms. The minimum absolute atomic E-state index is 0.0636. The van der Waals surface area contributed by atoms with Gasteiger partial charge < -0.3 is 5.32 Å². The van der Waals surface area contributed by atoms with Crippen LogP contribution in [-0.2, 0) is 14.8 Å². The highest BCUT2D eigenvalue weighted by Gasteiger charge is 2.18. The van der Waals surface area contributed by atoms with Crippen molar-refractivity contribution in [1.29, 1.82) is 0 Å². The Kier molecular flexibility index (Phi) is 5.93. The fourth-order valence-electron chi connectivity index (χ4n) is 2.54. The maximum Gasteiger partial charge on any atom is 0.262 e. The third-order valence-corrected chi connectivity index (χ3v) is 5.43. The van der Waals surface area contributed by atoms with Gasteiger partial charge in [0.25, 0.3) is 10.0 Å². The van der Waals surface area contributed by atoms with Gasteiger partial charge in [0.15, 0.2) is 0 Å². The van der Waals surface area contributed by atoms with Crippen LogP contribution in [-0.4, -0.2) is 26.7 Å². The number of amidine groups is 1. The number of halogens is 1. The molecule has 0 saturated heterocycles. The Morgan fingerprint density at radius 3 is 2.70 bits per heavy atom. The number of nitrogens with zero attached hydrogens (tertiary/aromatic N) is 1. The van der Waals surface area contributed by atoms with Gasteiger partial charge in [-0.1, -0.05) is 29.8 Å². The zero-order chi connectivity index (χ0) is 19.3. The molecule has 1 aliphatic rings. The summed E-state index contributed by atoms with van der Waals surface area (Å²) in [6, 6.07) is 13.2. The number of sulfonamides is 1. The molecule has 6 nitrogen and oxygen atoms in total. The fraction of sp³-hybridized carbons (Fsp3) is 0.158. The van der Waals surface area contributed by atoms with Crippen molar-refractivity contribution >= 4 is 45.1 Å². The molecule has 1 heterocycles. The highest BCUT2D eigenvalue weighted by Crippen LogP contribution is 2.17. The van der Waals surface area contributed by atoms with E-state index in [1.807, 2.05) is 6.07 Å². The van der Waals surface area contributed by atoms with Gasteiger partial charge in [-0.2, -0.15) is 0 Å². The average molecular weight is 404 g/mol. The van der Waals surface area contributed by atoms with E-state index in [1.165, 1.54) is 18.2 Å². The summed E-state index contributed by atoms with van der Waals surface area (Å²) < 4.78 is 27.4. The molecule has 0 atom stereocenters. The van der Waals surface area contributed by atoms with E-state index in [1.54, 1.807) is 36.4 Å². The quantitative estimate of drug-likeness (QED) is 0.749. The number of rotatable bonds is 5. The lowest BCUT2D eigenvalue weighted by molar-refractivity contribution is -0.111. The molecule has 0 aliphatic carbocycles. The SMILES string of the molecule is O=C(/C=C/c1cccc(Cl)c1)Nc1cccc(S(=O)(=O)NC2=NCCC2)c1. The Labute approximate surface area is 163 Å². The van der Waals surface area contributed by atoms with Crippen molar-refractivity contribution in [2.45, 2.75) is 17.7 Å². The molecule has 0 unspecified atom stereocenters. The topological polar surface area (TPSA) is 87.6 Å². The number of amides is 1. The van der Waals surface area contributed by atoms with E-state index in [-0.39, 0.29) is 10.8 Å². The molecule has 0 radical (unpaired) electrons. The largest absolute Gasteiger partial charge is 0.322 e. The van der Waals surface area contributed by atoms with Crippen LogP contribution in [0.1, 0.15) is 18.4 Å². The second-order valence-corrected chi connectivity index (χ2v) is 8.06. The normalized spacial score (nSPS) is 14.2. The van der Waals surface area contributed by atoms with Crippen molar-refractivity contribution in [2.24, 2.45) is 4.99 Å². The van der Waals surface area contributed by atoms with Crippen molar-refractivity contribution in [3.63, 3.8) is 0 Å². The zero-order valence-electron chi connectivity index (χ0n) is 14.4. The lowest BCUT2D eigenvalue weighted by Crippen LogP contribution is -2.29. The van der Waals surface area contributed by atoms with Gasteiger partial charge in [-0.3, -0.25) is 14.5 Å². The molecular formula is C19H18ClN3O3S. The number of hydrogen-bond donors (Lipinski definition) is 2. The molecule has 0 saturated carbocycles. The molecular weight excluding hydrogens is 386 g/mol. The second-order valence-electron chi connectivity index (χ2n) is 5.94. The first-order chi connectivity index (χ1) is 12.9. The summed E-state index contributed by atoms with van der Waals surface area (Å²) in [5, 5.41) is 3.23. The smallest absolute Gasteiger partial charge is 0.262 e. The van der Waals surface area contributed by atoms with Crippen molar-refractivity contribution < 1.29 is 13.2 Å². The molecule has 1 amide bonds. The molecule has 2 aromatic rings. The van der Waals surface area contributed by atoms with Crippen LogP contribution in [0.2, 0.25) is 5.02 Å². The van der Waals surface area contributed by atoms with Crippen LogP contribution in [0.5, 0.6) is 0 Å². The molecule has 0 aromatic heterocycles. The van der Waals surface area contributed by atoms with E-state index in [0.717, 1.165) is 12.0 Å². The predicted octanol–water partition coefficient (Wildman–Crippen LogP) is 3.46. The molecule has 140 valence electrons. The lowest BCUT2D eigenvalue weighted by Gasteiger charge is -2.09. The molecule has 1 aliphatic heterocycles. The fourth-order valence-corrected chi connectivity index (χ4v) is 3.88. The van der Waals surface area contributed by atoms with E-state index < -0.39 is 10.0 Å². The summed E-state index contributed by atoms with van der Waals surface area (Å²) in [4.78, 5) is 16.3. The third kappa shape index (κ3) is 5.42. The first-order valence-corrected chi connectivity index (χ1v) is 10.2. The third-order valence-electron chi connectivity index (χ3n) is 3.81. The van der Waals surface area contributed by atoms with Crippen molar-refractivity contribution in [2.75, 3.05) is 11.9 Å². The monoisotopic (exact) mass is 403 g/mol. The molecule has 3 rings (SSSR count). The zero-order valence-corrected chi connectivity index (χ0v) is 15.9. The second kappa shape index (κ2) is 8.37. The van der Waals surface area contributed by atoms with E-state index >= 15 is 0 Å². The predicted molar refractivity (Wildman–Crippen MR) is 107 cm³/mol. The highest BCUT2D eigenvalue weighted by molar-refractivity contribution is 7.90. The van der Waals surface area contributed by atoms with Gasteiger partial charge in [0.05, 0.1) is 4.90 Å². The summed E-state index contributed by atoms with van der Waals surface area (Å²) in [5.41, 5.74) is 1.17. The average Bonchev–Trinajstić information content (AvgIpc) is 3.13. The maximum absolute atomic E-state index is 12.4. The van der Waals surface area contributed by atoms with Gasteiger partial charge in [0.2, 0.25) is 5.91 Å². The van der Waals surface area contributed by atoms with Gasteiger partial charge in [-0.25, -0.2) is 8.42 Å². The van der Waals surface area contributed by atoms with Gasteiger partial charge >= 0.3 is 0 Å². The number of carbonyl (C=O) groups is 1. The van der Waals surface area contributed by atoms with Gasteiger partial charge in [0.1, 0.15) is 5.84 Å². The molecule has 2 N–H and O–H groups in total. The van der Waals surface area contributed by atoms with E-state index in [2.05, 4.69) is 15.0 Å². The van der Waals surface area contributed by atoms with Gasteiger partial charge in [-0.15, -0.1) is 0 Å². The van der Waals surface area contributed by atoms with Crippen LogP contribution in [0.15, 0.2) is 64.5 Å². The standard InChI is InChI=1S/C19H18ClN3O3S/c20-15-5-1-4-14(12-15)9-10-19(24)22-16-6-2-7-17(13-16)27(25,26)23-18-8-3-11-21-18/h1-2,4-7,9-10,12-13H,3,8,11H2,(H,21,23)(H,22,24)/b10-9+. The van der Waals surface area contributed by atoms with Gasteiger partial charge in [-0.05, 0) is 48.4 Å². The van der Waals surface area contributed by atoms with E-state index in [9.17, 15) is 13.2 Å². The molecule has 0 spiro atoms. The van der Waals surface area contributed by atoms with Gasteiger partial charge in [0, 0.05) is 29.8 Å². The highest BCUT2D eigenvalue weighted by atomic mass is 35.5. The maximum atomic E-state index is 12.4. The molecule has 8 heteroatoms. The Morgan fingerprint density at radius 1 is 1.15 bits per heavy atom. The Morgan fingerprint density at radius 2 is 1.96 bits per heavy atom. The molecule has 2 aromatic carbocycles. The number of anilines is 1. The number of carbonyl (C=O) groups excluding carboxylic acids is 1. The van der Waals surface area contributed by atoms with E-state index in [0.29, 0.717) is 29.5 Å².